The molecular formula is C18H27N3. The predicted molar refractivity (Wildman–Crippen MR) is 89.9 cm³/mol. The first-order chi connectivity index (χ1) is 10.1. The number of nitrogens with zero attached hydrogens (tertiary/aromatic N) is 2. The number of hydrogen-bond acceptors (Lipinski definition) is 2. The Bertz CT molecular complexity index is 528. The zero-order valence-corrected chi connectivity index (χ0v) is 13.5. The van der Waals surface area contributed by atoms with E-state index in [0.29, 0.717) is 5.41 Å². The van der Waals surface area contributed by atoms with Crippen LogP contribution in [-0.4, -0.2) is 9.55 Å². The summed E-state index contributed by atoms with van der Waals surface area (Å²) in [5, 5.41) is 3.39. The van der Waals surface area contributed by atoms with Gasteiger partial charge in [-0.15, -0.1) is 0 Å². The summed E-state index contributed by atoms with van der Waals surface area (Å²) in [6.07, 6.45) is 9.09. The van der Waals surface area contributed by atoms with Gasteiger partial charge in [-0.3, -0.25) is 0 Å². The molecule has 0 unspecified atom stereocenters. The van der Waals surface area contributed by atoms with E-state index in [2.05, 4.69) is 54.0 Å². The van der Waals surface area contributed by atoms with Crippen molar-refractivity contribution in [1.82, 2.24) is 9.55 Å². The van der Waals surface area contributed by atoms with E-state index < -0.39 is 0 Å². The standard InChI is InChI=1S/C18H27N3/c1-4-5-9-12-18(2,3)15-21-14-13-19-17(21)20-16-10-7-6-8-11-16/h6-8,10-11,13-14H,4-5,9,12,15H2,1-3H3,(H,19,20). The van der Waals surface area contributed by atoms with Crippen LogP contribution in [0.3, 0.4) is 0 Å². The molecule has 114 valence electrons. The van der Waals surface area contributed by atoms with Crippen LogP contribution in [0.15, 0.2) is 42.7 Å². The number of para-hydroxylation sites is 1. The molecule has 0 amide bonds. The number of rotatable bonds is 8. The van der Waals surface area contributed by atoms with Gasteiger partial charge in [0.1, 0.15) is 0 Å². The summed E-state index contributed by atoms with van der Waals surface area (Å²) in [7, 11) is 0. The molecule has 21 heavy (non-hydrogen) atoms. The maximum absolute atomic E-state index is 4.44. The van der Waals surface area contributed by atoms with Gasteiger partial charge in [0.05, 0.1) is 0 Å². The Morgan fingerprint density at radius 2 is 1.90 bits per heavy atom. The summed E-state index contributed by atoms with van der Waals surface area (Å²) < 4.78 is 2.22. The fourth-order valence-electron chi connectivity index (χ4n) is 2.61. The van der Waals surface area contributed by atoms with Crippen LogP contribution in [-0.2, 0) is 6.54 Å². The summed E-state index contributed by atoms with van der Waals surface area (Å²) in [4.78, 5) is 4.44. The van der Waals surface area contributed by atoms with Crippen LogP contribution in [0.25, 0.3) is 0 Å². The van der Waals surface area contributed by atoms with Crippen molar-refractivity contribution < 1.29 is 0 Å². The Balaban J connectivity index is 1.99. The van der Waals surface area contributed by atoms with Crippen LogP contribution >= 0.6 is 0 Å². The number of anilines is 2. The molecular weight excluding hydrogens is 258 g/mol. The molecule has 0 saturated heterocycles. The largest absolute Gasteiger partial charge is 0.326 e. The van der Waals surface area contributed by atoms with Crippen LogP contribution in [0, 0.1) is 5.41 Å². The molecule has 0 radical (unpaired) electrons. The lowest BCUT2D eigenvalue weighted by atomic mass is 9.87. The molecule has 1 aromatic heterocycles. The molecule has 0 aliphatic rings. The monoisotopic (exact) mass is 285 g/mol. The van der Waals surface area contributed by atoms with E-state index >= 15 is 0 Å². The first-order valence-corrected chi connectivity index (χ1v) is 7.94. The first kappa shape index (κ1) is 15.6. The van der Waals surface area contributed by atoms with Crippen molar-refractivity contribution in [2.45, 2.75) is 53.0 Å². The summed E-state index contributed by atoms with van der Waals surface area (Å²) in [6, 6.07) is 10.2. The average Bonchev–Trinajstić information content (AvgIpc) is 2.86. The second kappa shape index (κ2) is 7.30. The van der Waals surface area contributed by atoms with Crippen LogP contribution in [0.1, 0.15) is 46.5 Å². The first-order valence-electron chi connectivity index (χ1n) is 7.94. The van der Waals surface area contributed by atoms with Crippen molar-refractivity contribution in [3.05, 3.63) is 42.7 Å². The highest BCUT2D eigenvalue weighted by Gasteiger charge is 2.19. The summed E-state index contributed by atoms with van der Waals surface area (Å²) in [6.45, 7) is 7.93. The summed E-state index contributed by atoms with van der Waals surface area (Å²) in [5.41, 5.74) is 1.37. The fourth-order valence-corrected chi connectivity index (χ4v) is 2.61. The molecule has 3 nitrogen and oxygen atoms in total. The molecule has 0 aliphatic heterocycles. The van der Waals surface area contributed by atoms with Crippen LogP contribution in [0.2, 0.25) is 0 Å². The minimum absolute atomic E-state index is 0.295. The third-order valence-corrected chi connectivity index (χ3v) is 3.80. The molecule has 1 heterocycles. The van der Waals surface area contributed by atoms with Crippen molar-refractivity contribution in [3.8, 4) is 0 Å². The van der Waals surface area contributed by atoms with Gasteiger partial charge in [0, 0.05) is 24.6 Å². The third-order valence-electron chi connectivity index (χ3n) is 3.80. The topological polar surface area (TPSA) is 29.9 Å². The maximum Gasteiger partial charge on any atom is 0.207 e. The highest BCUT2D eigenvalue weighted by molar-refractivity contribution is 5.53. The molecule has 0 saturated carbocycles. The Hall–Kier alpha value is -1.77. The van der Waals surface area contributed by atoms with Crippen LogP contribution in [0.4, 0.5) is 11.6 Å². The van der Waals surface area contributed by atoms with Crippen molar-refractivity contribution in [3.63, 3.8) is 0 Å². The number of nitrogens with one attached hydrogen (secondary N) is 1. The lowest BCUT2D eigenvalue weighted by molar-refractivity contribution is 0.273. The molecule has 0 fully saturated rings. The Morgan fingerprint density at radius 1 is 1.14 bits per heavy atom. The van der Waals surface area contributed by atoms with E-state index in [-0.39, 0.29) is 0 Å². The van der Waals surface area contributed by atoms with Gasteiger partial charge in [-0.25, -0.2) is 4.98 Å². The van der Waals surface area contributed by atoms with Crippen molar-refractivity contribution in [1.29, 1.82) is 0 Å². The number of aromatic nitrogens is 2. The van der Waals surface area contributed by atoms with E-state index in [4.69, 9.17) is 0 Å². The highest BCUT2D eigenvalue weighted by Crippen LogP contribution is 2.27. The quantitative estimate of drug-likeness (QED) is 0.673. The average molecular weight is 285 g/mol. The zero-order chi connectivity index (χ0) is 15.1. The molecule has 1 aromatic carbocycles. The zero-order valence-electron chi connectivity index (χ0n) is 13.5. The van der Waals surface area contributed by atoms with E-state index in [1.165, 1.54) is 25.7 Å². The van der Waals surface area contributed by atoms with E-state index in [9.17, 15) is 0 Å². The van der Waals surface area contributed by atoms with Crippen molar-refractivity contribution >= 4 is 11.6 Å². The normalized spacial score (nSPS) is 11.6. The number of benzene rings is 1. The summed E-state index contributed by atoms with van der Waals surface area (Å²) >= 11 is 0. The minimum Gasteiger partial charge on any atom is -0.326 e. The van der Waals surface area contributed by atoms with Crippen molar-refractivity contribution in [2.75, 3.05) is 5.32 Å². The Kier molecular flexibility index (Phi) is 5.43. The molecule has 0 spiro atoms. The SMILES string of the molecule is CCCCCC(C)(C)Cn1ccnc1Nc1ccccc1. The lowest BCUT2D eigenvalue weighted by Crippen LogP contribution is -2.20. The number of imidazole rings is 1. The predicted octanol–water partition coefficient (Wildman–Crippen LogP) is 5.23. The van der Waals surface area contributed by atoms with Gasteiger partial charge in [-0.2, -0.15) is 0 Å². The number of unbranched alkanes of at least 4 members (excludes halogenated alkanes) is 2. The van der Waals surface area contributed by atoms with Gasteiger partial charge in [0.25, 0.3) is 0 Å². The molecule has 1 N–H and O–H groups in total. The van der Waals surface area contributed by atoms with Crippen LogP contribution < -0.4 is 5.32 Å². The molecule has 0 aliphatic carbocycles. The van der Waals surface area contributed by atoms with E-state index in [1.54, 1.807) is 0 Å². The van der Waals surface area contributed by atoms with E-state index in [0.717, 1.165) is 18.2 Å². The second-order valence-corrected chi connectivity index (χ2v) is 6.49. The van der Waals surface area contributed by atoms with Crippen molar-refractivity contribution in [2.24, 2.45) is 5.41 Å². The molecule has 3 heteroatoms. The van der Waals surface area contributed by atoms with E-state index in [1.807, 2.05) is 24.4 Å². The lowest BCUT2D eigenvalue weighted by Gasteiger charge is -2.26. The maximum atomic E-state index is 4.44. The van der Waals surface area contributed by atoms with Gasteiger partial charge in [-0.05, 0) is 24.0 Å². The van der Waals surface area contributed by atoms with Gasteiger partial charge >= 0.3 is 0 Å². The third kappa shape index (κ3) is 4.92. The molecule has 0 bridgehead atoms. The number of hydrogen-bond donors (Lipinski definition) is 1. The Morgan fingerprint density at radius 3 is 2.62 bits per heavy atom. The van der Waals surface area contributed by atoms with Crippen LogP contribution in [0.5, 0.6) is 0 Å². The molecule has 2 aromatic rings. The van der Waals surface area contributed by atoms with Gasteiger partial charge in [0.15, 0.2) is 0 Å². The smallest absolute Gasteiger partial charge is 0.207 e. The second-order valence-electron chi connectivity index (χ2n) is 6.49. The Labute approximate surface area is 128 Å². The van der Waals surface area contributed by atoms with Gasteiger partial charge in [-0.1, -0.05) is 58.2 Å². The molecule has 0 atom stereocenters. The highest BCUT2D eigenvalue weighted by atomic mass is 15.2. The van der Waals surface area contributed by atoms with Gasteiger partial charge in [0.2, 0.25) is 5.95 Å². The molecule has 2 rings (SSSR count). The summed E-state index contributed by atoms with van der Waals surface area (Å²) in [5.74, 6) is 0.921. The van der Waals surface area contributed by atoms with Gasteiger partial charge < -0.3 is 9.88 Å². The minimum atomic E-state index is 0.295. The fraction of sp³-hybridized carbons (Fsp3) is 0.500.